The number of nitrogens with one attached hydrogen (secondary N) is 2. The summed E-state index contributed by atoms with van der Waals surface area (Å²) in [6, 6.07) is 11.9. The first kappa shape index (κ1) is 39.4. The number of benzene rings is 1. The number of hydrogen-bond donors (Lipinski definition) is 3. The quantitative estimate of drug-likeness (QED) is 0.288. The van der Waals surface area contributed by atoms with Crippen LogP contribution in [-0.2, 0) is 20.8 Å². The lowest BCUT2D eigenvalue weighted by Gasteiger charge is -2.38. The van der Waals surface area contributed by atoms with E-state index in [0.29, 0.717) is 24.7 Å². The number of aliphatic hydroxyl groups excluding tert-OH is 1. The molecule has 2 aliphatic heterocycles. The minimum Gasteiger partial charge on any atom is -0.444 e. The summed E-state index contributed by atoms with van der Waals surface area (Å²) >= 11 is 0. The van der Waals surface area contributed by atoms with Crippen LogP contribution in [0.4, 0.5) is 9.59 Å². The van der Waals surface area contributed by atoms with Crippen LogP contribution in [0, 0.1) is 0 Å². The van der Waals surface area contributed by atoms with Crippen molar-refractivity contribution < 1.29 is 28.9 Å². The third kappa shape index (κ3) is 14.0. The lowest BCUT2D eigenvalue weighted by atomic mass is 9.90. The Morgan fingerprint density at radius 1 is 0.673 bits per heavy atom. The molecule has 0 unspecified atom stereocenters. The van der Waals surface area contributed by atoms with E-state index in [1.54, 1.807) is 4.90 Å². The summed E-state index contributed by atoms with van der Waals surface area (Å²) < 4.78 is 17.2. The number of carbonyl (C=O) groups excluding carboxylic acids is 2. The van der Waals surface area contributed by atoms with Gasteiger partial charge in [-0.2, -0.15) is 0 Å². The smallest absolute Gasteiger partial charge is 0.410 e. The summed E-state index contributed by atoms with van der Waals surface area (Å²) in [5.41, 5.74) is 0.369. The highest BCUT2D eigenvalue weighted by Gasteiger charge is 2.32. The molecule has 3 N–H and O–H groups in total. The van der Waals surface area contributed by atoms with E-state index in [-0.39, 0.29) is 30.4 Å². The zero-order valence-corrected chi connectivity index (χ0v) is 31.3. The van der Waals surface area contributed by atoms with Crippen LogP contribution in [0.15, 0.2) is 30.3 Å². The number of piperidine rings is 2. The van der Waals surface area contributed by atoms with Crippen molar-refractivity contribution in [2.45, 2.75) is 173 Å². The van der Waals surface area contributed by atoms with Gasteiger partial charge in [0.15, 0.2) is 0 Å². The van der Waals surface area contributed by atoms with Gasteiger partial charge in [-0.3, -0.25) is 0 Å². The first-order valence-electron chi connectivity index (χ1n) is 19.1. The molecule has 5 rings (SSSR count). The Morgan fingerprint density at radius 3 is 1.61 bits per heavy atom. The average molecular weight is 687 g/mol. The van der Waals surface area contributed by atoms with Gasteiger partial charge in [0.25, 0.3) is 0 Å². The summed E-state index contributed by atoms with van der Waals surface area (Å²) in [5, 5.41) is 17.5. The van der Waals surface area contributed by atoms with E-state index in [2.05, 4.69) is 34.9 Å². The average Bonchev–Trinajstić information content (AvgIpc) is 3.05. The molecule has 278 valence electrons. The minimum atomic E-state index is -0.433. The van der Waals surface area contributed by atoms with Crippen LogP contribution in [-0.4, -0.2) is 101 Å². The van der Waals surface area contributed by atoms with Crippen LogP contribution in [0.3, 0.4) is 0 Å². The van der Waals surface area contributed by atoms with Crippen molar-refractivity contribution in [3.8, 4) is 0 Å². The Bertz CT molecular complexity index is 1120. The SMILES string of the molecule is CC(C)(C)OC(=O)N1CCC(N[C@@H]2CCCC[C@H]2O)CC1.CC(C)(C)OC(=O)N1CCC(N[C@@H]2CCCC[C@H]2OCc2ccccc2)CC1. The fourth-order valence-electron chi connectivity index (χ4n) is 7.29. The molecule has 1 aromatic rings. The van der Waals surface area contributed by atoms with Crippen molar-refractivity contribution in [3.63, 3.8) is 0 Å². The highest BCUT2D eigenvalue weighted by molar-refractivity contribution is 5.68. The summed E-state index contributed by atoms with van der Waals surface area (Å²) in [6.07, 6.45) is 12.6. The minimum absolute atomic E-state index is 0.187. The van der Waals surface area contributed by atoms with Crippen LogP contribution in [0.25, 0.3) is 0 Å². The summed E-state index contributed by atoms with van der Waals surface area (Å²) in [6.45, 7) is 15.1. The number of amides is 2. The number of hydrogen-bond acceptors (Lipinski definition) is 8. The molecule has 2 amide bonds. The van der Waals surface area contributed by atoms with Gasteiger partial charge < -0.3 is 39.8 Å². The molecule has 0 aromatic heterocycles. The highest BCUT2D eigenvalue weighted by atomic mass is 16.6. The van der Waals surface area contributed by atoms with Crippen LogP contribution in [0.1, 0.15) is 124 Å². The maximum absolute atomic E-state index is 12.2. The zero-order valence-electron chi connectivity index (χ0n) is 31.3. The fraction of sp³-hybridized carbons (Fsp3) is 0.795. The van der Waals surface area contributed by atoms with Crippen molar-refractivity contribution in [1.29, 1.82) is 0 Å². The second-order valence-corrected chi connectivity index (χ2v) is 16.5. The van der Waals surface area contributed by atoms with E-state index in [1.807, 2.05) is 52.5 Å². The zero-order chi connectivity index (χ0) is 35.4. The van der Waals surface area contributed by atoms with Crippen molar-refractivity contribution in [2.24, 2.45) is 0 Å². The van der Waals surface area contributed by atoms with E-state index >= 15 is 0 Å². The van der Waals surface area contributed by atoms with Gasteiger partial charge in [-0.25, -0.2) is 9.59 Å². The Kier molecular flexibility index (Phi) is 15.1. The van der Waals surface area contributed by atoms with Crippen molar-refractivity contribution >= 4 is 12.2 Å². The molecule has 4 aliphatic rings. The van der Waals surface area contributed by atoms with E-state index in [9.17, 15) is 14.7 Å². The van der Waals surface area contributed by atoms with Gasteiger partial charge in [0, 0.05) is 50.3 Å². The van der Waals surface area contributed by atoms with Crippen LogP contribution in [0.2, 0.25) is 0 Å². The Hall–Kier alpha value is -2.40. The number of nitrogens with zero attached hydrogens (tertiary/aromatic N) is 2. The monoisotopic (exact) mass is 686 g/mol. The lowest BCUT2D eigenvalue weighted by Crippen LogP contribution is -2.52. The third-order valence-corrected chi connectivity index (χ3v) is 9.93. The van der Waals surface area contributed by atoms with Gasteiger partial charge in [-0.15, -0.1) is 0 Å². The Labute approximate surface area is 296 Å². The molecule has 4 fully saturated rings. The standard InChI is InChI=1S/C23H36N2O3.C16H30N2O3/c1-23(2,3)28-22(26)25-15-13-19(14-16-25)24-20-11-7-8-12-21(20)27-17-18-9-5-4-6-10-18;1-16(2,3)21-15(20)18-10-8-12(9-11-18)17-13-6-4-5-7-14(13)19/h4-6,9-10,19-21,24H,7-8,11-17H2,1-3H3;12-14,17,19H,4-11H2,1-3H3/t20-,21-;13-,14-/m11/s1. The van der Waals surface area contributed by atoms with Crippen LogP contribution < -0.4 is 10.6 Å². The molecule has 10 nitrogen and oxygen atoms in total. The van der Waals surface area contributed by atoms with Gasteiger partial charge in [0.1, 0.15) is 11.2 Å². The summed E-state index contributed by atoms with van der Waals surface area (Å²) in [7, 11) is 0. The molecule has 2 aliphatic carbocycles. The van der Waals surface area contributed by atoms with E-state index in [0.717, 1.165) is 77.5 Å². The highest BCUT2D eigenvalue weighted by Crippen LogP contribution is 2.25. The van der Waals surface area contributed by atoms with Crippen LogP contribution >= 0.6 is 0 Å². The van der Waals surface area contributed by atoms with Gasteiger partial charge in [0.05, 0.1) is 18.8 Å². The second kappa shape index (κ2) is 18.7. The molecule has 4 atom stereocenters. The van der Waals surface area contributed by atoms with Crippen molar-refractivity contribution in [2.75, 3.05) is 26.2 Å². The van der Waals surface area contributed by atoms with Gasteiger partial charge in [-0.05, 0) is 98.5 Å². The maximum Gasteiger partial charge on any atom is 0.410 e. The first-order chi connectivity index (χ1) is 23.3. The normalized spacial score (nSPS) is 26.0. The van der Waals surface area contributed by atoms with Gasteiger partial charge in [0.2, 0.25) is 0 Å². The second-order valence-electron chi connectivity index (χ2n) is 16.5. The maximum atomic E-state index is 12.2. The first-order valence-corrected chi connectivity index (χ1v) is 19.1. The number of rotatable bonds is 7. The molecular formula is C39H66N4O6. The molecule has 0 radical (unpaired) electrons. The predicted octanol–water partition coefficient (Wildman–Crippen LogP) is 6.78. The van der Waals surface area contributed by atoms with E-state index in [4.69, 9.17) is 14.2 Å². The molecule has 0 spiro atoms. The van der Waals surface area contributed by atoms with Crippen molar-refractivity contribution in [3.05, 3.63) is 35.9 Å². The molecule has 49 heavy (non-hydrogen) atoms. The van der Waals surface area contributed by atoms with Gasteiger partial charge >= 0.3 is 12.2 Å². The number of likely N-dealkylation sites (tertiary alicyclic amines) is 2. The molecule has 2 saturated heterocycles. The predicted molar refractivity (Wildman–Crippen MR) is 193 cm³/mol. The third-order valence-electron chi connectivity index (χ3n) is 9.93. The Morgan fingerprint density at radius 2 is 1.12 bits per heavy atom. The number of ether oxygens (including phenoxy) is 3. The molecule has 2 heterocycles. The van der Waals surface area contributed by atoms with Crippen LogP contribution in [0.5, 0.6) is 0 Å². The topological polar surface area (TPSA) is 113 Å². The largest absolute Gasteiger partial charge is 0.444 e. The summed E-state index contributed by atoms with van der Waals surface area (Å²) in [5.74, 6) is 0. The molecule has 0 bridgehead atoms. The number of aliphatic hydroxyl groups is 1. The van der Waals surface area contributed by atoms with Crippen molar-refractivity contribution in [1.82, 2.24) is 20.4 Å². The fourth-order valence-corrected chi connectivity index (χ4v) is 7.29. The van der Waals surface area contributed by atoms with E-state index in [1.165, 1.54) is 31.2 Å². The summed E-state index contributed by atoms with van der Waals surface area (Å²) in [4.78, 5) is 27.9. The molecular weight excluding hydrogens is 620 g/mol. The lowest BCUT2D eigenvalue weighted by molar-refractivity contribution is -0.0120. The molecule has 1 aromatic carbocycles. The molecule has 10 heteroatoms. The van der Waals surface area contributed by atoms with E-state index < -0.39 is 11.2 Å². The molecule has 2 saturated carbocycles. The Balaban J connectivity index is 0.000000230. The van der Waals surface area contributed by atoms with Gasteiger partial charge in [-0.1, -0.05) is 56.0 Å². The number of carbonyl (C=O) groups is 2.